The summed E-state index contributed by atoms with van der Waals surface area (Å²) in [6.45, 7) is 3.06. The maximum atomic E-state index is 12.3. The van der Waals surface area contributed by atoms with Gasteiger partial charge in [-0.25, -0.2) is 0 Å². The number of amides is 1. The zero-order chi connectivity index (χ0) is 16.8. The van der Waals surface area contributed by atoms with Gasteiger partial charge in [-0.15, -0.1) is 12.4 Å². The van der Waals surface area contributed by atoms with E-state index in [-0.39, 0.29) is 18.3 Å². The van der Waals surface area contributed by atoms with E-state index >= 15 is 0 Å². The molecule has 0 radical (unpaired) electrons. The second kappa shape index (κ2) is 9.56. The second-order valence-corrected chi connectivity index (χ2v) is 6.11. The van der Waals surface area contributed by atoms with E-state index in [0.29, 0.717) is 24.9 Å². The predicted octanol–water partition coefficient (Wildman–Crippen LogP) is 2.31. The maximum absolute atomic E-state index is 12.3. The van der Waals surface area contributed by atoms with E-state index in [1.165, 1.54) is 0 Å². The van der Waals surface area contributed by atoms with Crippen LogP contribution in [0.25, 0.3) is 0 Å². The summed E-state index contributed by atoms with van der Waals surface area (Å²) in [6.07, 6.45) is 4.14. The number of aromatic nitrogens is 2. The van der Waals surface area contributed by atoms with Crippen LogP contribution >= 0.6 is 12.4 Å². The second-order valence-electron chi connectivity index (χ2n) is 6.11. The van der Waals surface area contributed by atoms with Crippen LogP contribution in [0.4, 0.5) is 0 Å². The van der Waals surface area contributed by atoms with Crippen molar-refractivity contribution in [3.8, 4) is 0 Å². The van der Waals surface area contributed by atoms with E-state index in [4.69, 9.17) is 4.74 Å². The van der Waals surface area contributed by atoms with Crippen LogP contribution in [0.1, 0.15) is 40.5 Å². The van der Waals surface area contributed by atoms with Crippen LogP contribution in [-0.2, 0) is 17.9 Å². The first-order valence-corrected chi connectivity index (χ1v) is 8.37. The fourth-order valence-electron chi connectivity index (χ4n) is 2.91. The Morgan fingerprint density at radius 2 is 2.08 bits per heavy atom. The Hall–Kier alpha value is -1.89. The van der Waals surface area contributed by atoms with E-state index in [1.807, 2.05) is 35.1 Å². The normalized spacial score (nSPS) is 16.9. The van der Waals surface area contributed by atoms with E-state index in [2.05, 4.69) is 15.7 Å². The quantitative estimate of drug-likeness (QED) is 0.825. The highest BCUT2D eigenvalue weighted by Gasteiger charge is 2.17. The molecule has 3 rings (SSSR count). The lowest BCUT2D eigenvalue weighted by Gasteiger charge is -2.22. The summed E-state index contributed by atoms with van der Waals surface area (Å²) in [6, 6.07) is 10.1. The molecule has 1 aromatic heterocycles. The number of nitrogens with zero attached hydrogens (tertiary/aromatic N) is 2. The molecule has 1 amide bonds. The molecule has 0 bridgehead atoms. The molecule has 1 aromatic carbocycles. The molecule has 2 N–H and O–H groups in total. The fourth-order valence-corrected chi connectivity index (χ4v) is 2.91. The number of halogens is 1. The Balaban J connectivity index is 0.00000225. The van der Waals surface area contributed by atoms with Crippen LogP contribution < -0.4 is 10.6 Å². The van der Waals surface area contributed by atoms with Crippen LogP contribution in [0, 0.1) is 0 Å². The molecule has 0 saturated carbocycles. The Morgan fingerprint density at radius 3 is 2.76 bits per heavy atom. The molecule has 136 valence electrons. The molecule has 25 heavy (non-hydrogen) atoms. The summed E-state index contributed by atoms with van der Waals surface area (Å²) < 4.78 is 6.99. The largest absolute Gasteiger partial charge is 0.380 e. The number of hydrogen-bond acceptors (Lipinski definition) is 4. The van der Waals surface area contributed by atoms with Gasteiger partial charge >= 0.3 is 0 Å². The van der Waals surface area contributed by atoms with Crippen molar-refractivity contribution in [2.75, 3.05) is 20.2 Å². The molecule has 1 aliphatic heterocycles. The lowest BCUT2D eigenvalue weighted by Crippen LogP contribution is -2.32. The van der Waals surface area contributed by atoms with Crippen molar-refractivity contribution < 1.29 is 9.53 Å². The maximum Gasteiger partial charge on any atom is 0.272 e. The predicted molar refractivity (Wildman–Crippen MR) is 98.9 cm³/mol. The topological polar surface area (TPSA) is 68.2 Å². The van der Waals surface area contributed by atoms with Crippen LogP contribution in [0.5, 0.6) is 0 Å². The monoisotopic (exact) mass is 364 g/mol. The lowest BCUT2D eigenvalue weighted by molar-refractivity contribution is 0.0944. The van der Waals surface area contributed by atoms with Crippen molar-refractivity contribution in [3.05, 3.63) is 53.3 Å². The lowest BCUT2D eigenvalue weighted by atomic mass is 10.1. The minimum atomic E-state index is -0.140. The van der Waals surface area contributed by atoms with Crippen molar-refractivity contribution in [1.82, 2.24) is 20.4 Å². The van der Waals surface area contributed by atoms with Gasteiger partial charge in [-0.1, -0.05) is 24.3 Å². The molecule has 1 saturated heterocycles. The van der Waals surface area contributed by atoms with Crippen molar-refractivity contribution >= 4 is 18.3 Å². The third-order valence-corrected chi connectivity index (χ3v) is 4.27. The van der Waals surface area contributed by atoms with Gasteiger partial charge in [0, 0.05) is 26.4 Å². The minimum Gasteiger partial charge on any atom is -0.380 e. The Kier molecular flexibility index (Phi) is 7.43. The van der Waals surface area contributed by atoms with E-state index in [0.717, 1.165) is 37.1 Å². The van der Waals surface area contributed by atoms with E-state index in [1.54, 1.807) is 13.2 Å². The van der Waals surface area contributed by atoms with Gasteiger partial charge in [0.15, 0.2) is 0 Å². The summed E-state index contributed by atoms with van der Waals surface area (Å²) in [4.78, 5) is 12.3. The molecule has 6 nitrogen and oxygen atoms in total. The van der Waals surface area contributed by atoms with Crippen LogP contribution in [0.3, 0.4) is 0 Å². The van der Waals surface area contributed by atoms with Gasteiger partial charge in [0.25, 0.3) is 5.91 Å². The van der Waals surface area contributed by atoms with Gasteiger partial charge < -0.3 is 15.4 Å². The molecular formula is C18H25ClN4O2. The number of nitrogens with one attached hydrogen (secondary N) is 2. The molecule has 2 heterocycles. The Bertz CT molecular complexity index is 666. The Morgan fingerprint density at radius 1 is 1.32 bits per heavy atom. The first-order valence-electron chi connectivity index (χ1n) is 8.37. The number of carbonyl (C=O) groups excluding carboxylic acids is 1. The Labute approximate surface area is 154 Å². The number of benzene rings is 1. The molecule has 1 aliphatic rings. The highest BCUT2D eigenvalue weighted by Crippen LogP contribution is 2.15. The summed E-state index contributed by atoms with van der Waals surface area (Å²) >= 11 is 0. The summed E-state index contributed by atoms with van der Waals surface area (Å²) in [7, 11) is 1.68. The SMILES string of the molecule is COCc1ccc(CNC(=O)c2ccn(C3CCCNC3)n2)cc1.Cl. The molecular weight excluding hydrogens is 340 g/mol. The zero-order valence-corrected chi connectivity index (χ0v) is 15.2. The molecule has 1 unspecified atom stereocenters. The van der Waals surface area contributed by atoms with Crippen LogP contribution in [-0.4, -0.2) is 35.9 Å². The highest BCUT2D eigenvalue weighted by molar-refractivity contribution is 5.92. The third kappa shape index (κ3) is 5.29. The average Bonchev–Trinajstić information content (AvgIpc) is 3.12. The van der Waals surface area contributed by atoms with E-state index < -0.39 is 0 Å². The number of rotatable bonds is 6. The first-order chi connectivity index (χ1) is 11.8. The summed E-state index contributed by atoms with van der Waals surface area (Å²) in [5, 5.41) is 10.7. The van der Waals surface area contributed by atoms with Crippen molar-refractivity contribution in [2.24, 2.45) is 0 Å². The van der Waals surface area contributed by atoms with Gasteiger partial charge in [0.05, 0.1) is 12.6 Å². The number of methoxy groups -OCH3 is 1. The third-order valence-electron chi connectivity index (χ3n) is 4.27. The number of ether oxygens (including phenoxy) is 1. The number of piperidine rings is 1. The standard InChI is InChI=1S/C18H24N4O2.ClH/c1-24-13-15-6-4-14(5-7-15)11-20-18(23)17-8-10-22(21-17)16-3-2-9-19-12-16;/h4-8,10,16,19H,2-3,9,11-13H2,1H3,(H,20,23);1H. The van der Waals surface area contributed by atoms with Gasteiger partial charge in [0.1, 0.15) is 5.69 Å². The van der Waals surface area contributed by atoms with Gasteiger partial charge in [-0.3, -0.25) is 9.48 Å². The van der Waals surface area contributed by atoms with Gasteiger partial charge in [0.2, 0.25) is 0 Å². The molecule has 1 atom stereocenters. The van der Waals surface area contributed by atoms with Gasteiger partial charge in [-0.05, 0) is 36.6 Å². The zero-order valence-electron chi connectivity index (χ0n) is 14.4. The summed E-state index contributed by atoms with van der Waals surface area (Å²) in [5.74, 6) is -0.140. The van der Waals surface area contributed by atoms with Crippen molar-refractivity contribution in [1.29, 1.82) is 0 Å². The molecule has 1 fully saturated rings. The van der Waals surface area contributed by atoms with E-state index in [9.17, 15) is 4.79 Å². The molecule has 2 aromatic rings. The number of carbonyl (C=O) groups is 1. The minimum absolute atomic E-state index is 0. The van der Waals surface area contributed by atoms with Crippen LogP contribution in [0.2, 0.25) is 0 Å². The summed E-state index contributed by atoms with van der Waals surface area (Å²) in [5.41, 5.74) is 2.64. The first kappa shape index (κ1) is 19.4. The van der Waals surface area contributed by atoms with Crippen molar-refractivity contribution in [3.63, 3.8) is 0 Å². The fraction of sp³-hybridized carbons (Fsp3) is 0.444. The van der Waals surface area contributed by atoms with Crippen LogP contribution in [0.15, 0.2) is 36.5 Å². The van der Waals surface area contributed by atoms with Crippen molar-refractivity contribution in [2.45, 2.75) is 32.0 Å². The smallest absolute Gasteiger partial charge is 0.272 e. The molecule has 0 spiro atoms. The molecule has 7 heteroatoms. The average molecular weight is 365 g/mol. The highest BCUT2D eigenvalue weighted by atomic mass is 35.5. The van der Waals surface area contributed by atoms with Gasteiger partial charge in [-0.2, -0.15) is 5.10 Å². The molecule has 0 aliphatic carbocycles. The number of hydrogen-bond donors (Lipinski definition) is 2.